The van der Waals surface area contributed by atoms with Gasteiger partial charge in [-0.3, -0.25) is 14.4 Å². The smallest absolute Gasteiger partial charge is 0.253 e. The molecule has 2 amide bonds. The zero-order valence-corrected chi connectivity index (χ0v) is 11.3. The lowest BCUT2D eigenvalue weighted by molar-refractivity contribution is -0.194. The maximum atomic E-state index is 11.5. The van der Waals surface area contributed by atoms with E-state index >= 15 is 0 Å². The first-order valence-corrected chi connectivity index (χ1v) is 7.48. The molecule has 5 heteroatoms. The van der Waals surface area contributed by atoms with Gasteiger partial charge in [-0.15, -0.1) is 0 Å². The summed E-state index contributed by atoms with van der Waals surface area (Å²) in [6, 6.07) is 0.593. The van der Waals surface area contributed by atoms with E-state index in [1.807, 2.05) is 0 Å². The molecule has 3 aliphatic rings. The average Bonchev–Trinajstić information content (AvgIpc) is 2.76. The molecule has 0 radical (unpaired) electrons. The van der Waals surface area contributed by atoms with Gasteiger partial charge in [0.05, 0.1) is 6.61 Å². The molecular formula is C14H22N2O3. The Labute approximate surface area is 113 Å². The molecule has 3 rings (SSSR count). The van der Waals surface area contributed by atoms with E-state index in [0.717, 1.165) is 11.5 Å². The third-order valence-electron chi connectivity index (χ3n) is 4.65. The minimum absolute atomic E-state index is 0.179. The normalized spacial score (nSPS) is 32.7. The van der Waals surface area contributed by atoms with Gasteiger partial charge < -0.3 is 4.90 Å². The molecule has 19 heavy (non-hydrogen) atoms. The van der Waals surface area contributed by atoms with E-state index < -0.39 is 0 Å². The summed E-state index contributed by atoms with van der Waals surface area (Å²) in [5.74, 6) is 0.109. The molecule has 0 N–H and O–H groups in total. The molecule has 3 heterocycles. The largest absolute Gasteiger partial charge is 0.300 e. The van der Waals surface area contributed by atoms with E-state index in [2.05, 4.69) is 4.90 Å². The van der Waals surface area contributed by atoms with Crippen LogP contribution in [0.3, 0.4) is 0 Å². The van der Waals surface area contributed by atoms with Crippen molar-refractivity contribution in [3.63, 3.8) is 0 Å². The lowest BCUT2D eigenvalue weighted by Gasteiger charge is -2.44. The molecule has 0 aromatic carbocycles. The fourth-order valence-electron chi connectivity index (χ4n) is 3.64. The number of imide groups is 1. The topological polar surface area (TPSA) is 49.9 Å². The zero-order chi connectivity index (χ0) is 13.2. The molecule has 0 aromatic heterocycles. The number of piperidine rings is 2. The van der Waals surface area contributed by atoms with Gasteiger partial charge in [0.2, 0.25) is 0 Å². The number of fused-ring (bicyclic) bond motifs is 1. The Morgan fingerprint density at radius 3 is 2.53 bits per heavy atom. The summed E-state index contributed by atoms with van der Waals surface area (Å²) in [7, 11) is 0. The minimum Gasteiger partial charge on any atom is -0.300 e. The van der Waals surface area contributed by atoms with Crippen molar-refractivity contribution in [2.45, 2.75) is 51.0 Å². The maximum Gasteiger partial charge on any atom is 0.253 e. The van der Waals surface area contributed by atoms with Crippen LogP contribution in [0.4, 0.5) is 0 Å². The monoisotopic (exact) mass is 266 g/mol. The molecule has 0 aliphatic carbocycles. The van der Waals surface area contributed by atoms with Gasteiger partial charge in [-0.2, -0.15) is 5.06 Å². The lowest BCUT2D eigenvalue weighted by Crippen LogP contribution is -2.49. The van der Waals surface area contributed by atoms with E-state index in [0.29, 0.717) is 31.4 Å². The number of carbonyl (C=O) groups excluding carboxylic acids is 2. The molecule has 3 aliphatic heterocycles. The average molecular weight is 266 g/mol. The number of hydroxylamine groups is 2. The van der Waals surface area contributed by atoms with E-state index in [-0.39, 0.29) is 11.8 Å². The van der Waals surface area contributed by atoms with E-state index in [1.165, 1.54) is 38.8 Å². The van der Waals surface area contributed by atoms with Crippen LogP contribution in [0.25, 0.3) is 0 Å². The van der Waals surface area contributed by atoms with Crippen LogP contribution in [0.2, 0.25) is 0 Å². The molecule has 0 aromatic rings. The van der Waals surface area contributed by atoms with Crippen molar-refractivity contribution in [2.75, 3.05) is 19.7 Å². The lowest BCUT2D eigenvalue weighted by atomic mass is 9.84. The second-order valence-electron chi connectivity index (χ2n) is 5.88. The number of rotatable bonds is 3. The highest BCUT2D eigenvalue weighted by Gasteiger charge is 2.36. The Balaban J connectivity index is 1.56. The van der Waals surface area contributed by atoms with Crippen molar-refractivity contribution in [1.82, 2.24) is 9.96 Å². The van der Waals surface area contributed by atoms with Crippen molar-refractivity contribution >= 4 is 11.8 Å². The molecule has 0 spiro atoms. The summed E-state index contributed by atoms with van der Waals surface area (Å²) in [6.45, 7) is 2.91. The standard InChI is InChI=1S/C14H22N2O3/c17-13-6-7-14(18)16(13)19-10-11-4-3-9-15-8-2-1-5-12(11)15/h11-12H,1-10H2/t11-,12-/m1/s1. The van der Waals surface area contributed by atoms with Crippen LogP contribution in [0.15, 0.2) is 0 Å². The molecule has 3 saturated heterocycles. The van der Waals surface area contributed by atoms with Gasteiger partial charge in [-0.25, -0.2) is 0 Å². The SMILES string of the molecule is O=C1CCC(=O)N1OC[C@H]1CCCN2CCCC[C@H]12. The first-order valence-electron chi connectivity index (χ1n) is 7.48. The number of hydrogen-bond acceptors (Lipinski definition) is 4. The van der Waals surface area contributed by atoms with Gasteiger partial charge in [0.1, 0.15) is 0 Å². The molecule has 106 valence electrons. The van der Waals surface area contributed by atoms with Gasteiger partial charge in [0.25, 0.3) is 11.8 Å². The molecule has 2 atom stereocenters. The summed E-state index contributed by atoms with van der Waals surface area (Å²) in [6.07, 6.45) is 6.78. The van der Waals surface area contributed by atoms with Crippen molar-refractivity contribution < 1.29 is 14.4 Å². The Bertz CT molecular complexity index is 354. The Kier molecular flexibility index (Phi) is 3.84. The zero-order valence-electron chi connectivity index (χ0n) is 11.3. The molecule has 0 saturated carbocycles. The van der Waals surface area contributed by atoms with Crippen LogP contribution in [-0.2, 0) is 14.4 Å². The number of nitrogens with zero attached hydrogens (tertiary/aromatic N) is 2. The number of carbonyl (C=O) groups is 2. The molecule has 3 fully saturated rings. The molecule has 0 unspecified atom stereocenters. The van der Waals surface area contributed by atoms with Crippen molar-refractivity contribution in [1.29, 1.82) is 0 Å². The Hall–Kier alpha value is -0.940. The van der Waals surface area contributed by atoms with Gasteiger partial charge >= 0.3 is 0 Å². The summed E-state index contributed by atoms with van der Waals surface area (Å²) in [4.78, 5) is 31.1. The van der Waals surface area contributed by atoms with Crippen LogP contribution in [0.1, 0.15) is 44.9 Å². The second-order valence-corrected chi connectivity index (χ2v) is 5.88. The summed E-state index contributed by atoms with van der Waals surface area (Å²) < 4.78 is 0. The summed E-state index contributed by atoms with van der Waals surface area (Å²) in [5, 5.41) is 1.00. The highest BCUT2D eigenvalue weighted by Crippen LogP contribution is 2.31. The minimum atomic E-state index is -0.179. The van der Waals surface area contributed by atoms with Gasteiger partial charge in [0, 0.05) is 24.8 Å². The quantitative estimate of drug-likeness (QED) is 0.723. The molecule has 0 bridgehead atoms. The van der Waals surface area contributed by atoms with Gasteiger partial charge in [0.15, 0.2) is 0 Å². The maximum absolute atomic E-state index is 11.5. The van der Waals surface area contributed by atoms with Crippen LogP contribution in [0.5, 0.6) is 0 Å². The van der Waals surface area contributed by atoms with Crippen molar-refractivity contribution in [3.8, 4) is 0 Å². The van der Waals surface area contributed by atoms with Crippen LogP contribution < -0.4 is 0 Å². The van der Waals surface area contributed by atoms with E-state index in [9.17, 15) is 9.59 Å². The third kappa shape index (κ3) is 2.67. The fourth-order valence-corrected chi connectivity index (χ4v) is 3.64. The molecular weight excluding hydrogens is 244 g/mol. The van der Waals surface area contributed by atoms with Crippen LogP contribution >= 0.6 is 0 Å². The fraction of sp³-hybridized carbons (Fsp3) is 0.857. The van der Waals surface area contributed by atoms with Gasteiger partial charge in [-0.05, 0) is 38.8 Å². The highest BCUT2D eigenvalue weighted by atomic mass is 16.7. The van der Waals surface area contributed by atoms with Crippen LogP contribution in [-0.4, -0.2) is 47.5 Å². The number of amides is 2. The van der Waals surface area contributed by atoms with Gasteiger partial charge in [-0.1, -0.05) is 6.42 Å². The molecule has 5 nitrogen and oxygen atoms in total. The Morgan fingerprint density at radius 2 is 1.74 bits per heavy atom. The van der Waals surface area contributed by atoms with Crippen molar-refractivity contribution in [2.24, 2.45) is 5.92 Å². The highest BCUT2D eigenvalue weighted by molar-refractivity contribution is 6.00. The third-order valence-corrected chi connectivity index (χ3v) is 4.65. The van der Waals surface area contributed by atoms with Crippen molar-refractivity contribution in [3.05, 3.63) is 0 Å². The van der Waals surface area contributed by atoms with Crippen LogP contribution in [0, 0.1) is 5.92 Å². The van der Waals surface area contributed by atoms with E-state index in [4.69, 9.17) is 4.84 Å². The first-order chi connectivity index (χ1) is 9.25. The first kappa shape index (κ1) is 13.1. The predicted molar refractivity (Wildman–Crippen MR) is 69.0 cm³/mol. The Morgan fingerprint density at radius 1 is 1.00 bits per heavy atom. The second kappa shape index (κ2) is 5.59. The number of hydrogen-bond donors (Lipinski definition) is 0. The summed E-state index contributed by atoms with van der Waals surface area (Å²) >= 11 is 0. The summed E-state index contributed by atoms with van der Waals surface area (Å²) in [5.41, 5.74) is 0. The predicted octanol–water partition coefficient (Wildman–Crippen LogP) is 1.33. The van der Waals surface area contributed by atoms with E-state index in [1.54, 1.807) is 0 Å².